The van der Waals surface area contributed by atoms with Gasteiger partial charge in [0.15, 0.2) is 0 Å². The maximum absolute atomic E-state index is 12.5. The molecule has 44 heavy (non-hydrogen) atoms. The summed E-state index contributed by atoms with van der Waals surface area (Å²) in [6.07, 6.45) is 11.6. The van der Waals surface area contributed by atoms with E-state index >= 15 is 0 Å². The Labute approximate surface area is 261 Å². The largest absolute Gasteiger partial charge is 0.494 e. The standard InChI is InChI=1S/C35H50O9/c1-4-27(2)32(38)43-30-19-21-31(22-20-30)44-33(39)28-15-17-29(18-16-28)41-23-13-11-9-7-5-6-8-10-12-14-24-42-34(40)35(3,25-36)26-37/h15-22,27,36-37H,4-14,23-26H2,1-3H3. The lowest BCUT2D eigenvalue weighted by atomic mass is 9.93. The first-order chi connectivity index (χ1) is 21.2. The van der Waals surface area contributed by atoms with E-state index in [4.69, 9.17) is 18.9 Å². The average molecular weight is 615 g/mol. The average Bonchev–Trinajstić information content (AvgIpc) is 3.04. The number of esters is 3. The summed E-state index contributed by atoms with van der Waals surface area (Å²) in [5.74, 6) is -0.0156. The Morgan fingerprint density at radius 2 is 1.14 bits per heavy atom. The number of carbonyl (C=O) groups is 3. The van der Waals surface area contributed by atoms with E-state index in [0.717, 1.165) is 38.5 Å². The number of rotatable bonds is 22. The molecule has 0 saturated heterocycles. The van der Waals surface area contributed by atoms with Gasteiger partial charge in [0.2, 0.25) is 0 Å². The van der Waals surface area contributed by atoms with E-state index in [1.165, 1.54) is 32.6 Å². The summed E-state index contributed by atoms with van der Waals surface area (Å²) in [5, 5.41) is 18.4. The highest BCUT2D eigenvalue weighted by molar-refractivity contribution is 5.91. The topological polar surface area (TPSA) is 129 Å². The van der Waals surface area contributed by atoms with Gasteiger partial charge in [-0.3, -0.25) is 9.59 Å². The Hall–Kier alpha value is -3.43. The van der Waals surface area contributed by atoms with E-state index in [1.807, 2.05) is 13.8 Å². The minimum atomic E-state index is -1.22. The van der Waals surface area contributed by atoms with Crippen LogP contribution in [0.15, 0.2) is 48.5 Å². The van der Waals surface area contributed by atoms with Crippen LogP contribution >= 0.6 is 0 Å². The van der Waals surface area contributed by atoms with Crippen LogP contribution in [0.2, 0.25) is 0 Å². The molecular weight excluding hydrogens is 564 g/mol. The SMILES string of the molecule is CCC(C)C(=O)Oc1ccc(OC(=O)c2ccc(OCCCCCCCCCCCCOC(=O)C(C)(CO)CO)cc2)cc1. The molecule has 0 fully saturated rings. The highest BCUT2D eigenvalue weighted by Crippen LogP contribution is 2.21. The van der Waals surface area contributed by atoms with Gasteiger partial charge in [-0.05, 0) is 74.7 Å². The zero-order valence-electron chi connectivity index (χ0n) is 26.6. The minimum absolute atomic E-state index is 0.178. The third kappa shape index (κ3) is 13.5. The molecule has 2 rings (SSSR count). The number of aliphatic hydroxyl groups is 2. The number of hydrogen-bond donors (Lipinski definition) is 2. The van der Waals surface area contributed by atoms with Crippen molar-refractivity contribution in [3.05, 3.63) is 54.1 Å². The predicted octanol–water partition coefficient (Wildman–Crippen LogP) is 6.67. The molecular formula is C35H50O9. The second-order valence-electron chi connectivity index (χ2n) is 11.5. The third-order valence-electron chi connectivity index (χ3n) is 7.59. The van der Waals surface area contributed by atoms with Crippen LogP contribution in [0.3, 0.4) is 0 Å². The van der Waals surface area contributed by atoms with Crippen molar-refractivity contribution in [1.29, 1.82) is 0 Å². The van der Waals surface area contributed by atoms with Crippen molar-refractivity contribution in [3.63, 3.8) is 0 Å². The molecule has 9 nitrogen and oxygen atoms in total. The molecule has 2 aromatic rings. The van der Waals surface area contributed by atoms with Crippen LogP contribution in [-0.2, 0) is 14.3 Å². The molecule has 244 valence electrons. The quantitative estimate of drug-likeness (QED) is 0.0849. The predicted molar refractivity (Wildman–Crippen MR) is 168 cm³/mol. The van der Waals surface area contributed by atoms with Crippen LogP contribution in [0.25, 0.3) is 0 Å². The van der Waals surface area contributed by atoms with Crippen LogP contribution < -0.4 is 14.2 Å². The second kappa shape index (κ2) is 20.5. The minimum Gasteiger partial charge on any atom is -0.494 e. The van der Waals surface area contributed by atoms with Crippen molar-refractivity contribution in [2.24, 2.45) is 11.3 Å². The fourth-order valence-electron chi connectivity index (χ4n) is 4.14. The molecule has 0 amide bonds. The molecule has 0 aliphatic rings. The molecule has 1 atom stereocenters. The van der Waals surface area contributed by atoms with E-state index in [-0.39, 0.29) is 11.9 Å². The smallest absolute Gasteiger partial charge is 0.343 e. The van der Waals surface area contributed by atoms with Gasteiger partial charge in [0.25, 0.3) is 0 Å². The molecule has 9 heteroatoms. The van der Waals surface area contributed by atoms with Gasteiger partial charge in [0.1, 0.15) is 22.7 Å². The van der Waals surface area contributed by atoms with Gasteiger partial charge in [-0.25, -0.2) is 4.79 Å². The van der Waals surface area contributed by atoms with Crippen molar-refractivity contribution >= 4 is 17.9 Å². The number of aliphatic hydroxyl groups excluding tert-OH is 2. The first-order valence-corrected chi connectivity index (χ1v) is 15.9. The van der Waals surface area contributed by atoms with Crippen molar-refractivity contribution in [2.45, 2.75) is 91.4 Å². The summed E-state index contributed by atoms with van der Waals surface area (Å²) in [6.45, 7) is 5.32. The fourth-order valence-corrected chi connectivity index (χ4v) is 4.14. The van der Waals surface area contributed by atoms with E-state index in [2.05, 4.69) is 0 Å². The molecule has 0 aromatic heterocycles. The van der Waals surface area contributed by atoms with Gasteiger partial charge < -0.3 is 29.2 Å². The maximum Gasteiger partial charge on any atom is 0.343 e. The molecule has 0 radical (unpaired) electrons. The molecule has 0 aliphatic carbocycles. The summed E-state index contributed by atoms with van der Waals surface area (Å²) in [6, 6.07) is 13.3. The van der Waals surface area contributed by atoms with Crippen LogP contribution in [0.4, 0.5) is 0 Å². The van der Waals surface area contributed by atoms with Gasteiger partial charge in [0.05, 0.1) is 37.9 Å². The lowest BCUT2D eigenvalue weighted by molar-refractivity contribution is -0.160. The molecule has 2 N–H and O–H groups in total. The number of benzene rings is 2. The van der Waals surface area contributed by atoms with Crippen LogP contribution in [0.1, 0.15) is 102 Å². The summed E-state index contributed by atoms with van der Waals surface area (Å²) < 4.78 is 21.7. The molecule has 0 heterocycles. The normalized spacial score (nSPS) is 11.9. The zero-order chi connectivity index (χ0) is 32.2. The number of unbranched alkanes of at least 4 members (excludes halogenated alkanes) is 9. The van der Waals surface area contributed by atoms with Crippen molar-refractivity contribution in [2.75, 3.05) is 26.4 Å². The van der Waals surface area contributed by atoms with E-state index < -0.39 is 30.6 Å². The molecule has 2 aromatic carbocycles. The molecule has 0 saturated carbocycles. The Kier molecular flexibility index (Phi) is 17.1. The number of ether oxygens (including phenoxy) is 4. The number of carbonyl (C=O) groups excluding carboxylic acids is 3. The van der Waals surface area contributed by atoms with Crippen molar-refractivity contribution in [1.82, 2.24) is 0 Å². The van der Waals surface area contributed by atoms with Gasteiger partial charge in [-0.1, -0.05) is 65.2 Å². The summed E-state index contributed by atoms with van der Waals surface area (Å²) in [7, 11) is 0. The molecule has 0 aliphatic heterocycles. The second-order valence-corrected chi connectivity index (χ2v) is 11.5. The molecule has 0 spiro atoms. The highest BCUT2D eigenvalue weighted by Gasteiger charge is 2.33. The van der Waals surface area contributed by atoms with Gasteiger partial charge in [-0.15, -0.1) is 0 Å². The Bertz CT molecular complexity index is 1110. The van der Waals surface area contributed by atoms with Crippen LogP contribution in [-0.4, -0.2) is 54.5 Å². The van der Waals surface area contributed by atoms with E-state index in [0.29, 0.717) is 42.4 Å². The van der Waals surface area contributed by atoms with Crippen LogP contribution in [0.5, 0.6) is 17.2 Å². The van der Waals surface area contributed by atoms with Crippen molar-refractivity contribution in [3.8, 4) is 17.2 Å². The van der Waals surface area contributed by atoms with E-state index in [9.17, 15) is 24.6 Å². The van der Waals surface area contributed by atoms with Gasteiger partial charge >= 0.3 is 17.9 Å². The first kappa shape index (κ1) is 36.8. The Morgan fingerprint density at radius 1 is 0.682 bits per heavy atom. The van der Waals surface area contributed by atoms with Gasteiger partial charge in [0, 0.05) is 0 Å². The summed E-state index contributed by atoms with van der Waals surface area (Å²) in [5.41, 5.74) is -0.809. The zero-order valence-corrected chi connectivity index (χ0v) is 26.6. The molecule has 0 bridgehead atoms. The van der Waals surface area contributed by atoms with E-state index in [1.54, 1.807) is 48.5 Å². The highest BCUT2D eigenvalue weighted by atomic mass is 16.5. The van der Waals surface area contributed by atoms with Crippen molar-refractivity contribution < 1.29 is 43.5 Å². The maximum atomic E-state index is 12.5. The summed E-state index contributed by atoms with van der Waals surface area (Å²) >= 11 is 0. The molecule has 1 unspecified atom stereocenters. The lowest BCUT2D eigenvalue weighted by Gasteiger charge is -2.22. The monoisotopic (exact) mass is 614 g/mol. The fraction of sp³-hybridized carbons (Fsp3) is 0.571. The number of hydrogen-bond acceptors (Lipinski definition) is 9. The van der Waals surface area contributed by atoms with Gasteiger partial charge in [-0.2, -0.15) is 0 Å². The summed E-state index contributed by atoms with van der Waals surface area (Å²) in [4.78, 5) is 36.3. The Morgan fingerprint density at radius 3 is 1.64 bits per heavy atom. The third-order valence-corrected chi connectivity index (χ3v) is 7.59. The first-order valence-electron chi connectivity index (χ1n) is 15.9. The van der Waals surface area contributed by atoms with Crippen LogP contribution in [0, 0.1) is 11.3 Å². The lowest BCUT2D eigenvalue weighted by Crippen LogP contribution is -2.37. The Balaban J connectivity index is 1.49.